The van der Waals surface area contributed by atoms with Crippen molar-refractivity contribution < 1.29 is 9.53 Å². The maximum Gasteiger partial charge on any atom is 0.339 e. The molecule has 1 aromatic heterocycles. The number of nitrogens with zero attached hydrogens (tertiary/aromatic N) is 1. The average molecular weight is 220 g/mol. The topological polar surface area (TPSA) is 51.2 Å². The second-order valence-corrected chi connectivity index (χ2v) is 3.88. The molecule has 0 bridgehead atoms. The summed E-state index contributed by atoms with van der Waals surface area (Å²) in [5.74, 6) is 0.183. The van der Waals surface area contributed by atoms with Gasteiger partial charge in [0.25, 0.3) is 0 Å². The largest absolute Gasteiger partial charge is 0.462 e. The third kappa shape index (κ3) is 2.39. The van der Waals surface area contributed by atoms with Gasteiger partial charge in [0.05, 0.1) is 12.2 Å². The molecule has 1 aliphatic rings. The number of hydrogen-bond acceptors (Lipinski definition) is 4. The molecule has 0 aromatic carbocycles. The summed E-state index contributed by atoms with van der Waals surface area (Å²) in [6.07, 6.45) is 2.72. The Morgan fingerprint density at radius 3 is 3.06 bits per heavy atom. The van der Waals surface area contributed by atoms with E-state index in [0.717, 1.165) is 25.2 Å². The molecule has 1 fully saturated rings. The van der Waals surface area contributed by atoms with Gasteiger partial charge in [-0.15, -0.1) is 0 Å². The summed E-state index contributed by atoms with van der Waals surface area (Å²) >= 11 is 0. The van der Waals surface area contributed by atoms with Crippen LogP contribution in [0.2, 0.25) is 0 Å². The predicted octanol–water partition coefficient (Wildman–Crippen LogP) is 1.34. The third-order valence-electron chi connectivity index (χ3n) is 2.78. The zero-order valence-electron chi connectivity index (χ0n) is 9.40. The normalized spacial score (nSPS) is 19.7. The minimum atomic E-state index is -0.300. The van der Waals surface area contributed by atoms with Gasteiger partial charge in [0.1, 0.15) is 0 Å². The van der Waals surface area contributed by atoms with E-state index in [1.165, 1.54) is 0 Å². The molecule has 0 amide bonds. The first-order valence-electron chi connectivity index (χ1n) is 5.65. The quantitative estimate of drug-likeness (QED) is 0.781. The van der Waals surface area contributed by atoms with Crippen LogP contribution in [0.3, 0.4) is 0 Å². The van der Waals surface area contributed by atoms with Gasteiger partial charge in [-0.25, -0.2) is 4.79 Å². The molecule has 1 saturated heterocycles. The number of nitrogens with one attached hydrogen (secondary N) is 1. The Balaban J connectivity index is 2.06. The van der Waals surface area contributed by atoms with Crippen molar-refractivity contribution in [3.05, 3.63) is 29.6 Å². The van der Waals surface area contributed by atoms with Crippen molar-refractivity contribution in [3.63, 3.8) is 0 Å². The number of carbonyl (C=O) groups is 1. The molecule has 1 aliphatic heterocycles. The summed E-state index contributed by atoms with van der Waals surface area (Å²) in [5.41, 5.74) is 1.58. The zero-order valence-corrected chi connectivity index (χ0v) is 9.40. The fraction of sp³-hybridized carbons (Fsp3) is 0.500. The molecule has 0 radical (unpaired) electrons. The van der Waals surface area contributed by atoms with Crippen molar-refractivity contribution in [2.45, 2.75) is 19.3 Å². The second-order valence-electron chi connectivity index (χ2n) is 3.88. The fourth-order valence-corrected chi connectivity index (χ4v) is 1.89. The van der Waals surface area contributed by atoms with Crippen molar-refractivity contribution in [2.24, 2.45) is 0 Å². The van der Waals surface area contributed by atoms with Gasteiger partial charge in [0.2, 0.25) is 0 Å². The summed E-state index contributed by atoms with van der Waals surface area (Å²) in [6.45, 7) is 4.22. The highest BCUT2D eigenvalue weighted by molar-refractivity contribution is 5.88. The summed E-state index contributed by atoms with van der Waals surface area (Å²) < 4.78 is 4.90. The molecule has 4 heteroatoms. The lowest BCUT2D eigenvalue weighted by molar-refractivity contribution is 0.0526. The number of rotatable bonds is 3. The SMILES string of the molecule is CCOC(=O)c1ccc(C2CCNC2)nc1. The van der Waals surface area contributed by atoms with E-state index in [2.05, 4.69) is 10.3 Å². The maximum absolute atomic E-state index is 11.4. The van der Waals surface area contributed by atoms with Crippen LogP contribution in [0.25, 0.3) is 0 Å². The van der Waals surface area contributed by atoms with Gasteiger partial charge in [-0.3, -0.25) is 4.98 Å². The molecule has 1 N–H and O–H groups in total. The molecule has 1 atom stereocenters. The number of pyridine rings is 1. The van der Waals surface area contributed by atoms with E-state index in [1.54, 1.807) is 19.2 Å². The van der Waals surface area contributed by atoms with Gasteiger partial charge < -0.3 is 10.1 Å². The average Bonchev–Trinajstić information content (AvgIpc) is 2.83. The van der Waals surface area contributed by atoms with Crippen LogP contribution in [0.1, 0.15) is 35.3 Å². The van der Waals surface area contributed by atoms with Gasteiger partial charge >= 0.3 is 5.97 Å². The lowest BCUT2D eigenvalue weighted by Gasteiger charge is -2.08. The molecule has 1 aromatic rings. The van der Waals surface area contributed by atoms with Gasteiger partial charge in [-0.2, -0.15) is 0 Å². The van der Waals surface area contributed by atoms with E-state index < -0.39 is 0 Å². The van der Waals surface area contributed by atoms with Crippen LogP contribution in [0.15, 0.2) is 18.3 Å². The number of aromatic nitrogens is 1. The van der Waals surface area contributed by atoms with E-state index >= 15 is 0 Å². The van der Waals surface area contributed by atoms with Crippen molar-refractivity contribution in [1.29, 1.82) is 0 Å². The number of carbonyl (C=O) groups excluding carboxylic acids is 1. The molecule has 4 nitrogen and oxygen atoms in total. The lowest BCUT2D eigenvalue weighted by atomic mass is 10.0. The van der Waals surface area contributed by atoms with Crippen LogP contribution in [-0.2, 0) is 4.74 Å². The summed E-state index contributed by atoms with van der Waals surface area (Å²) in [4.78, 5) is 15.7. The van der Waals surface area contributed by atoms with Gasteiger partial charge in [-0.05, 0) is 32.0 Å². The molecule has 0 spiro atoms. The first-order valence-corrected chi connectivity index (χ1v) is 5.65. The Kier molecular flexibility index (Phi) is 3.51. The molecule has 2 heterocycles. The van der Waals surface area contributed by atoms with Crippen LogP contribution >= 0.6 is 0 Å². The highest BCUT2D eigenvalue weighted by Crippen LogP contribution is 2.20. The highest BCUT2D eigenvalue weighted by atomic mass is 16.5. The Labute approximate surface area is 95.0 Å². The summed E-state index contributed by atoms with van der Waals surface area (Å²) in [7, 11) is 0. The molecule has 1 unspecified atom stereocenters. The Morgan fingerprint density at radius 2 is 2.50 bits per heavy atom. The second kappa shape index (κ2) is 5.07. The molecule has 0 saturated carbocycles. The van der Waals surface area contributed by atoms with E-state index in [0.29, 0.717) is 18.1 Å². The van der Waals surface area contributed by atoms with E-state index in [9.17, 15) is 4.79 Å². The van der Waals surface area contributed by atoms with E-state index in [1.807, 2.05) is 6.07 Å². The molecule has 86 valence electrons. The predicted molar refractivity (Wildman–Crippen MR) is 60.4 cm³/mol. The third-order valence-corrected chi connectivity index (χ3v) is 2.78. The van der Waals surface area contributed by atoms with Crippen LogP contribution < -0.4 is 5.32 Å². The molecular formula is C12H16N2O2. The maximum atomic E-state index is 11.4. The number of hydrogen-bond donors (Lipinski definition) is 1. The van der Waals surface area contributed by atoms with Crippen LogP contribution in [0.4, 0.5) is 0 Å². The van der Waals surface area contributed by atoms with Crippen LogP contribution in [0, 0.1) is 0 Å². The summed E-state index contributed by atoms with van der Waals surface area (Å²) in [5, 5.41) is 3.30. The zero-order chi connectivity index (χ0) is 11.4. The molecule has 0 aliphatic carbocycles. The smallest absolute Gasteiger partial charge is 0.339 e. The number of ether oxygens (including phenoxy) is 1. The minimum absolute atomic E-state index is 0.300. The standard InChI is InChI=1S/C12H16N2O2/c1-2-16-12(15)10-3-4-11(14-8-10)9-5-6-13-7-9/h3-4,8-9,13H,2,5-7H2,1H3. The van der Waals surface area contributed by atoms with E-state index in [4.69, 9.17) is 4.74 Å². The minimum Gasteiger partial charge on any atom is -0.462 e. The highest BCUT2D eigenvalue weighted by Gasteiger charge is 2.18. The molecular weight excluding hydrogens is 204 g/mol. The Bertz CT molecular complexity index is 356. The lowest BCUT2D eigenvalue weighted by Crippen LogP contribution is -2.10. The summed E-state index contributed by atoms with van der Waals surface area (Å²) in [6, 6.07) is 3.71. The van der Waals surface area contributed by atoms with Gasteiger partial charge in [0, 0.05) is 24.4 Å². The van der Waals surface area contributed by atoms with Crippen molar-refractivity contribution in [1.82, 2.24) is 10.3 Å². The Hall–Kier alpha value is -1.42. The van der Waals surface area contributed by atoms with Crippen LogP contribution in [-0.4, -0.2) is 30.6 Å². The fourth-order valence-electron chi connectivity index (χ4n) is 1.89. The first kappa shape index (κ1) is 11.1. The van der Waals surface area contributed by atoms with Crippen molar-refractivity contribution in [3.8, 4) is 0 Å². The van der Waals surface area contributed by atoms with Crippen molar-refractivity contribution in [2.75, 3.05) is 19.7 Å². The monoisotopic (exact) mass is 220 g/mol. The van der Waals surface area contributed by atoms with Gasteiger partial charge in [0.15, 0.2) is 0 Å². The van der Waals surface area contributed by atoms with Crippen molar-refractivity contribution >= 4 is 5.97 Å². The van der Waals surface area contributed by atoms with E-state index in [-0.39, 0.29) is 5.97 Å². The molecule has 16 heavy (non-hydrogen) atoms. The van der Waals surface area contributed by atoms with Gasteiger partial charge in [-0.1, -0.05) is 0 Å². The number of esters is 1. The molecule has 2 rings (SSSR count). The van der Waals surface area contributed by atoms with Crippen LogP contribution in [0.5, 0.6) is 0 Å². The first-order chi connectivity index (χ1) is 7.81. The Morgan fingerprint density at radius 1 is 1.62 bits per heavy atom.